The van der Waals surface area contributed by atoms with Crippen molar-refractivity contribution in [3.05, 3.63) is 29.7 Å². The zero-order valence-electron chi connectivity index (χ0n) is 8.81. The second-order valence-electron chi connectivity index (χ2n) is 3.39. The van der Waals surface area contributed by atoms with Gasteiger partial charge in [0, 0.05) is 19.8 Å². The first-order valence-electron chi connectivity index (χ1n) is 4.73. The van der Waals surface area contributed by atoms with E-state index in [4.69, 9.17) is 5.73 Å². The van der Waals surface area contributed by atoms with E-state index in [9.17, 15) is 0 Å². The van der Waals surface area contributed by atoms with E-state index >= 15 is 0 Å². The lowest BCUT2D eigenvalue weighted by Crippen LogP contribution is -1.99. The quantitative estimate of drug-likeness (QED) is 0.777. The maximum absolute atomic E-state index is 5.50. The monoisotopic (exact) mass is 203 g/mol. The molecule has 0 saturated heterocycles. The van der Waals surface area contributed by atoms with Crippen LogP contribution in [0.4, 0.5) is 0 Å². The van der Waals surface area contributed by atoms with Gasteiger partial charge in [-0.3, -0.25) is 4.98 Å². The van der Waals surface area contributed by atoms with Crippen LogP contribution in [0.5, 0.6) is 0 Å². The Morgan fingerprint density at radius 1 is 1.33 bits per heavy atom. The van der Waals surface area contributed by atoms with Crippen molar-refractivity contribution < 1.29 is 0 Å². The third-order valence-electron chi connectivity index (χ3n) is 2.38. The SMILES string of the molecule is Cc1nnc(-c2ccc(CN)cn2)n1C. The van der Waals surface area contributed by atoms with Gasteiger partial charge in [0.05, 0.1) is 0 Å². The van der Waals surface area contributed by atoms with E-state index in [1.54, 1.807) is 6.20 Å². The molecule has 15 heavy (non-hydrogen) atoms. The summed E-state index contributed by atoms with van der Waals surface area (Å²) in [7, 11) is 1.92. The smallest absolute Gasteiger partial charge is 0.182 e. The summed E-state index contributed by atoms with van der Waals surface area (Å²) in [5.41, 5.74) is 7.33. The minimum atomic E-state index is 0.505. The molecule has 0 aliphatic rings. The van der Waals surface area contributed by atoms with E-state index < -0.39 is 0 Å². The number of hydrogen-bond donors (Lipinski definition) is 1. The Labute approximate surface area is 88.0 Å². The Kier molecular flexibility index (Phi) is 2.47. The molecule has 0 aromatic carbocycles. The molecular weight excluding hydrogens is 190 g/mol. The molecule has 2 N–H and O–H groups in total. The highest BCUT2D eigenvalue weighted by Crippen LogP contribution is 2.14. The van der Waals surface area contributed by atoms with Gasteiger partial charge >= 0.3 is 0 Å². The van der Waals surface area contributed by atoms with E-state index in [0.717, 1.165) is 22.9 Å². The summed E-state index contributed by atoms with van der Waals surface area (Å²) in [6.45, 7) is 2.41. The third-order valence-corrected chi connectivity index (χ3v) is 2.38. The molecule has 2 aromatic heterocycles. The maximum Gasteiger partial charge on any atom is 0.182 e. The maximum atomic E-state index is 5.50. The summed E-state index contributed by atoms with van der Waals surface area (Å²) in [6.07, 6.45) is 1.76. The fraction of sp³-hybridized carbons (Fsp3) is 0.300. The van der Waals surface area contributed by atoms with E-state index in [1.165, 1.54) is 0 Å². The molecule has 2 aromatic rings. The van der Waals surface area contributed by atoms with Crippen molar-refractivity contribution in [3.8, 4) is 11.5 Å². The van der Waals surface area contributed by atoms with Crippen LogP contribution in [0.15, 0.2) is 18.3 Å². The van der Waals surface area contributed by atoms with Crippen molar-refractivity contribution in [1.82, 2.24) is 19.7 Å². The molecule has 0 saturated carbocycles. The third kappa shape index (κ3) is 1.73. The van der Waals surface area contributed by atoms with Gasteiger partial charge < -0.3 is 10.3 Å². The molecule has 0 atom stereocenters. The van der Waals surface area contributed by atoms with Gasteiger partial charge in [0.1, 0.15) is 11.5 Å². The normalized spacial score (nSPS) is 10.6. The van der Waals surface area contributed by atoms with E-state index in [2.05, 4.69) is 15.2 Å². The van der Waals surface area contributed by atoms with Crippen LogP contribution in [0.1, 0.15) is 11.4 Å². The lowest BCUT2D eigenvalue weighted by Gasteiger charge is -2.01. The summed E-state index contributed by atoms with van der Waals surface area (Å²) in [6, 6.07) is 3.86. The minimum Gasteiger partial charge on any atom is -0.326 e. The molecular formula is C10H13N5. The van der Waals surface area contributed by atoms with Gasteiger partial charge in [-0.1, -0.05) is 6.07 Å². The molecule has 5 heteroatoms. The number of nitrogens with two attached hydrogens (primary N) is 1. The second-order valence-corrected chi connectivity index (χ2v) is 3.39. The number of aryl methyl sites for hydroxylation is 1. The van der Waals surface area contributed by atoms with Gasteiger partial charge in [-0.25, -0.2) is 0 Å². The molecule has 0 aliphatic heterocycles. The van der Waals surface area contributed by atoms with E-state index in [1.807, 2.05) is 30.7 Å². The van der Waals surface area contributed by atoms with Crippen LogP contribution in [-0.2, 0) is 13.6 Å². The lowest BCUT2D eigenvalue weighted by molar-refractivity contribution is 0.861. The molecule has 0 aliphatic carbocycles. The fourth-order valence-corrected chi connectivity index (χ4v) is 1.31. The first-order valence-corrected chi connectivity index (χ1v) is 4.73. The number of aromatic nitrogens is 4. The topological polar surface area (TPSA) is 69.6 Å². The van der Waals surface area contributed by atoms with Gasteiger partial charge in [0.2, 0.25) is 0 Å². The first-order chi connectivity index (χ1) is 7.22. The summed E-state index contributed by atoms with van der Waals surface area (Å²) in [5, 5.41) is 8.04. The fourth-order valence-electron chi connectivity index (χ4n) is 1.31. The summed E-state index contributed by atoms with van der Waals surface area (Å²) in [4.78, 5) is 4.29. The summed E-state index contributed by atoms with van der Waals surface area (Å²) < 4.78 is 1.91. The van der Waals surface area contributed by atoms with Crippen molar-refractivity contribution in [2.45, 2.75) is 13.5 Å². The Balaban J connectivity index is 2.41. The van der Waals surface area contributed by atoms with Crippen molar-refractivity contribution >= 4 is 0 Å². The van der Waals surface area contributed by atoms with Crippen molar-refractivity contribution in [3.63, 3.8) is 0 Å². The van der Waals surface area contributed by atoms with Crippen molar-refractivity contribution in [1.29, 1.82) is 0 Å². The Hall–Kier alpha value is -1.75. The standard InChI is InChI=1S/C10H13N5/c1-7-13-14-10(15(7)2)9-4-3-8(5-11)6-12-9/h3-4,6H,5,11H2,1-2H3. The Morgan fingerprint density at radius 3 is 2.60 bits per heavy atom. The van der Waals surface area contributed by atoms with Gasteiger partial charge in [-0.05, 0) is 18.6 Å². The largest absolute Gasteiger partial charge is 0.326 e. The first kappa shape index (κ1) is 9.79. The molecule has 78 valence electrons. The number of pyridine rings is 1. The highest BCUT2D eigenvalue weighted by Gasteiger charge is 2.08. The highest BCUT2D eigenvalue weighted by atomic mass is 15.3. The molecule has 0 amide bonds. The van der Waals surface area contributed by atoms with Gasteiger partial charge in [-0.15, -0.1) is 10.2 Å². The lowest BCUT2D eigenvalue weighted by atomic mass is 10.2. The zero-order chi connectivity index (χ0) is 10.8. The highest BCUT2D eigenvalue weighted by molar-refractivity contribution is 5.49. The van der Waals surface area contributed by atoms with Crippen LogP contribution < -0.4 is 5.73 Å². The number of rotatable bonds is 2. The van der Waals surface area contributed by atoms with E-state index in [-0.39, 0.29) is 0 Å². The van der Waals surface area contributed by atoms with Crippen molar-refractivity contribution in [2.24, 2.45) is 12.8 Å². The molecule has 5 nitrogen and oxygen atoms in total. The molecule has 0 spiro atoms. The Bertz CT molecular complexity index is 457. The van der Waals surface area contributed by atoms with Crippen LogP contribution in [0, 0.1) is 6.92 Å². The number of nitrogens with zero attached hydrogens (tertiary/aromatic N) is 4. The summed E-state index contributed by atoms with van der Waals surface area (Å²) in [5.74, 6) is 1.64. The van der Waals surface area contributed by atoms with E-state index in [0.29, 0.717) is 6.54 Å². The van der Waals surface area contributed by atoms with Crippen LogP contribution in [0.25, 0.3) is 11.5 Å². The van der Waals surface area contributed by atoms with Gasteiger partial charge in [-0.2, -0.15) is 0 Å². The van der Waals surface area contributed by atoms with Gasteiger partial charge in [0.25, 0.3) is 0 Å². The van der Waals surface area contributed by atoms with Crippen LogP contribution >= 0.6 is 0 Å². The predicted molar refractivity (Wildman–Crippen MR) is 56.9 cm³/mol. The van der Waals surface area contributed by atoms with Crippen LogP contribution in [0.2, 0.25) is 0 Å². The second kappa shape index (κ2) is 3.78. The van der Waals surface area contributed by atoms with Crippen LogP contribution in [0.3, 0.4) is 0 Å². The molecule has 0 bridgehead atoms. The zero-order valence-corrected chi connectivity index (χ0v) is 8.81. The number of hydrogen-bond acceptors (Lipinski definition) is 4. The Morgan fingerprint density at radius 2 is 2.13 bits per heavy atom. The molecule has 2 heterocycles. The minimum absolute atomic E-state index is 0.505. The average molecular weight is 203 g/mol. The molecule has 0 unspecified atom stereocenters. The van der Waals surface area contributed by atoms with Crippen molar-refractivity contribution in [2.75, 3.05) is 0 Å². The van der Waals surface area contributed by atoms with Crippen LogP contribution in [-0.4, -0.2) is 19.7 Å². The molecule has 0 fully saturated rings. The molecule has 2 rings (SSSR count). The average Bonchev–Trinajstić information content (AvgIpc) is 2.60. The molecule has 0 radical (unpaired) electrons. The summed E-state index contributed by atoms with van der Waals surface area (Å²) >= 11 is 0. The predicted octanol–water partition coefficient (Wildman–Crippen LogP) is 0.644. The van der Waals surface area contributed by atoms with Gasteiger partial charge in [0.15, 0.2) is 5.82 Å².